The van der Waals surface area contributed by atoms with Crippen molar-refractivity contribution in [1.29, 1.82) is 0 Å². The summed E-state index contributed by atoms with van der Waals surface area (Å²) in [4.78, 5) is 31.2. The van der Waals surface area contributed by atoms with Crippen LogP contribution in [0.1, 0.15) is 60.9 Å². The summed E-state index contributed by atoms with van der Waals surface area (Å²) in [5.74, 6) is -0.293. The summed E-state index contributed by atoms with van der Waals surface area (Å²) in [6.45, 7) is 6.58. The van der Waals surface area contributed by atoms with Crippen molar-refractivity contribution >= 4 is 31.6 Å². The van der Waals surface area contributed by atoms with Gasteiger partial charge in [0.15, 0.2) is 5.60 Å². The van der Waals surface area contributed by atoms with Crippen molar-refractivity contribution in [3.05, 3.63) is 101 Å². The van der Waals surface area contributed by atoms with Crippen LogP contribution in [0.5, 0.6) is 5.75 Å². The lowest BCUT2D eigenvalue weighted by molar-refractivity contribution is -0.146. The number of aryl methyl sites for hydroxylation is 1. The number of nitrogens with zero attached hydrogens (tertiary/aromatic N) is 5. The maximum Gasteiger partial charge on any atom is 0.264 e. The summed E-state index contributed by atoms with van der Waals surface area (Å²) in [7, 11) is -1.80. The molecule has 2 amide bonds. The van der Waals surface area contributed by atoms with E-state index in [1.807, 2.05) is 90.8 Å². The van der Waals surface area contributed by atoms with E-state index < -0.39 is 31.6 Å². The quantitative estimate of drug-likeness (QED) is 0.143. The van der Waals surface area contributed by atoms with Crippen LogP contribution < -0.4 is 14.5 Å². The third-order valence-corrected chi connectivity index (χ3v) is 13.5. The molecule has 0 saturated carbocycles. The molecule has 10 nitrogen and oxygen atoms in total. The van der Waals surface area contributed by atoms with Crippen LogP contribution in [0.15, 0.2) is 79.0 Å². The number of aliphatic hydroxyl groups excluding tert-OH is 1. The molecule has 12 heteroatoms. The summed E-state index contributed by atoms with van der Waals surface area (Å²) >= 11 is 0. The fourth-order valence-corrected chi connectivity index (χ4v) is 11.1. The molecule has 1 unspecified atom stereocenters. The number of aromatic nitrogens is 3. The molecule has 268 valence electrons. The number of aliphatic hydroxyl groups is 1. The Morgan fingerprint density at radius 1 is 1.08 bits per heavy atom. The number of methoxy groups -OCH3 is 1. The summed E-state index contributed by atoms with van der Waals surface area (Å²) in [6, 6.07) is 23.1. The van der Waals surface area contributed by atoms with Crippen molar-refractivity contribution in [3.63, 3.8) is 0 Å². The van der Waals surface area contributed by atoms with Gasteiger partial charge in [0.2, 0.25) is 14.3 Å². The number of carbonyl (C=O) groups excluding carboxylic acids is 2. The Bertz CT molecular complexity index is 1900. The first-order chi connectivity index (χ1) is 24.5. The minimum atomic E-state index is -3.39. The Morgan fingerprint density at radius 3 is 2.61 bits per heavy atom. The van der Waals surface area contributed by atoms with Gasteiger partial charge in [-0.2, -0.15) is 0 Å². The summed E-state index contributed by atoms with van der Waals surface area (Å²) < 4.78 is 30.8. The molecule has 0 radical (unpaired) electrons. The van der Waals surface area contributed by atoms with Crippen LogP contribution in [0.3, 0.4) is 0 Å². The number of halogens is 1. The predicted octanol–water partition coefficient (Wildman–Crippen LogP) is 6.34. The Hall–Kier alpha value is -4.39. The number of carbonyl (C=O) groups is 2. The molecule has 4 aromatic rings. The van der Waals surface area contributed by atoms with Gasteiger partial charge in [-0.25, -0.2) is 0 Å². The lowest BCUT2D eigenvalue weighted by Crippen LogP contribution is -2.45. The van der Waals surface area contributed by atoms with Gasteiger partial charge in [-0.15, -0.1) is 5.10 Å². The van der Waals surface area contributed by atoms with Crippen molar-refractivity contribution in [1.82, 2.24) is 15.0 Å². The largest absolute Gasteiger partial charge is 0.497 e. The lowest BCUT2D eigenvalue weighted by Gasteiger charge is -2.31. The molecular weight excluding hydrogens is 666 g/mol. The first-order valence-corrected chi connectivity index (χ1v) is 20.8. The predicted molar refractivity (Wildman–Crippen MR) is 195 cm³/mol. The second kappa shape index (κ2) is 14.0. The highest BCUT2D eigenvalue weighted by Gasteiger charge is 2.66. The van der Waals surface area contributed by atoms with Gasteiger partial charge in [0, 0.05) is 48.4 Å². The van der Waals surface area contributed by atoms with Crippen LogP contribution in [-0.2, 0) is 33.0 Å². The van der Waals surface area contributed by atoms with Gasteiger partial charge in [-0.1, -0.05) is 54.6 Å². The molecule has 3 aromatic carbocycles. The Kier molecular flexibility index (Phi) is 9.59. The first kappa shape index (κ1) is 35.0. The number of rotatable bonds is 11. The summed E-state index contributed by atoms with van der Waals surface area (Å²) in [5.41, 5.74) is 2.81. The number of benzene rings is 3. The third kappa shape index (κ3) is 6.38. The molecule has 3 aliphatic rings. The number of fused-ring (bicyclic) bond motifs is 2. The van der Waals surface area contributed by atoms with E-state index in [9.17, 15) is 14.7 Å². The zero-order chi connectivity index (χ0) is 35.9. The maximum atomic E-state index is 16.5. The fraction of sp³-hybridized carbons (Fsp3) is 0.436. The topological polar surface area (TPSA) is 110 Å². The molecule has 3 aliphatic heterocycles. The highest BCUT2D eigenvalue weighted by molar-refractivity contribution is 6.72. The molecule has 2 fully saturated rings. The zero-order valence-corrected chi connectivity index (χ0v) is 30.7. The van der Waals surface area contributed by atoms with Crippen LogP contribution in [0.4, 0.5) is 15.5 Å². The molecule has 0 bridgehead atoms. The molecule has 1 spiro atoms. The Labute approximate surface area is 299 Å². The molecule has 51 heavy (non-hydrogen) atoms. The van der Waals surface area contributed by atoms with Crippen LogP contribution >= 0.6 is 0 Å². The van der Waals surface area contributed by atoms with E-state index in [1.165, 1.54) is 0 Å². The minimum Gasteiger partial charge on any atom is -0.497 e. The summed E-state index contributed by atoms with van der Waals surface area (Å²) in [6.07, 6.45) is 4.08. The van der Waals surface area contributed by atoms with Crippen molar-refractivity contribution in [3.8, 4) is 5.75 Å². The SMILES string of the molecule is COc1ccc2c(c1)[C@]1(O[C@@H](CCn3cc(C(CO)c4ccccc4)nn3)[C@H]([Si](C)(C)F)[C@H]1C)C(=O)N2Cc1cccc(N2CCCCC2=O)c1. The van der Waals surface area contributed by atoms with E-state index in [-0.39, 0.29) is 30.9 Å². The van der Waals surface area contributed by atoms with Crippen LogP contribution in [0.25, 0.3) is 0 Å². The number of hydrogen-bond acceptors (Lipinski definition) is 7. The monoisotopic (exact) mass is 711 g/mol. The van der Waals surface area contributed by atoms with Crippen molar-refractivity contribution in [2.24, 2.45) is 5.92 Å². The average Bonchev–Trinajstić information content (AvgIpc) is 3.78. The van der Waals surface area contributed by atoms with Crippen LogP contribution in [0, 0.1) is 5.92 Å². The minimum absolute atomic E-state index is 0.111. The maximum absolute atomic E-state index is 16.5. The van der Waals surface area contributed by atoms with Gasteiger partial charge in [-0.3, -0.25) is 14.3 Å². The van der Waals surface area contributed by atoms with Crippen molar-refractivity contribution < 1.29 is 28.3 Å². The lowest BCUT2D eigenvalue weighted by atomic mass is 9.82. The highest BCUT2D eigenvalue weighted by atomic mass is 28.4. The van der Waals surface area contributed by atoms with Gasteiger partial charge in [-0.05, 0) is 73.8 Å². The molecule has 2 saturated heterocycles. The van der Waals surface area contributed by atoms with E-state index in [1.54, 1.807) is 29.8 Å². The number of amides is 2. The Balaban J connectivity index is 1.18. The molecule has 7 rings (SSSR count). The zero-order valence-electron chi connectivity index (χ0n) is 29.7. The van der Waals surface area contributed by atoms with Crippen LogP contribution in [-0.4, -0.2) is 66.7 Å². The van der Waals surface area contributed by atoms with E-state index >= 15 is 4.11 Å². The van der Waals surface area contributed by atoms with Gasteiger partial charge in [0.1, 0.15) is 5.75 Å². The second-order valence-electron chi connectivity index (χ2n) is 14.6. The fourth-order valence-electron chi connectivity index (χ4n) is 8.56. The number of piperidine rings is 1. The molecule has 5 atom stereocenters. The molecular formula is C39H46FN5O5Si. The van der Waals surface area contributed by atoms with Crippen molar-refractivity contribution in [2.45, 2.75) is 82.0 Å². The van der Waals surface area contributed by atoms with Crippen LogP contribution in [0.2, 0.25) is 18.6 Å². The standard InChI is InChI=1S/C39H46FN5O5Si/c1-26-37(51(3,4)40)35(18-20-43-24-33(41-42-43)31(25-46)28-12-6-5-7-13-28)50-39(26)32-22-30(49-2)16-17-34(32)45(38(39)48)23-27-11-10-14-29(21-27)44-19-9-8-15-36(44)47/h5-7,10-14,16-17,21-22,24,26,31,35,37,46H,8-9,15,18-20,23,25H2,1-4H3/t26-,31?,35+,37-,39+/m1/s1. The van der Waals surface area contributed by atoms with Crippen molar-refractivity contribution in [2.75, 3.05) is 30.1 Å². The van der Waals surface area contributed by atoms with E-state index in [2.05, 4.69) is 10.3 Å². The number of ether oxygens (including phenoxy) is 2. The second-order valence-corrected chi connectivity index (χ2v) is 18.4. The van der Waals surface area contributed by atoms with E-state index in [0.717, 1.165) is 29.7 Å². The Morgan fingerprint density at radius 2 is 1.88 bits per heavy atom. The molecule has 0 aliphatic carbocycles. The normalized spacial score (nSPS) is 24.0. The van der Waals surface area contributed by atoms with Gasteiger partial charge in [0.05, 0.1) is 43.7 Å². The van der Waals surface area contributed by atoms with E-state index in [4.69, 9.17) is 9.47 Å². The number of hydrogen-bond donors (Lipinski definition) is 1. The number of anilines is 2. The molecule has 4 heterocycles. The molecule has 1 N–H and O–H groups in total. The van der Waals surface area contributed by atoms with E-state index in [0.29, 0.717) is 48.6 Å². The highest BCUT2D eigenvalue weighted by Crippen LogP contribution is 2.60. The average molecular weight is 712 g/mol. The van der Waals surface area contributed by atoms with Gasteiger partial charge >= 0.3 is 0 Å². The smallest absolute Gasteiger partial charge is 0.264 e. The van der Waals surface area contributed by atoms with Gasteiger partial charge < -0.3 is 28.5 Å². The first-order valence-electron chi connectivity index (χ1n) is 17.9. The summed E-state index contributed by atoms with van der Waals surface area (Å²) in [5, 5.41) is 18.9. The molecule has 1 aromatic heterocycles. The van der Waals surface area contributed by atoms with Gasteiger partial charge in [0.25, 0.3) is 5.91 Å². The third-order valence-electron chi connectivity index (χ3n) is 11.0.